The summed E-state index contributed by atoms with van der Waals surface area (Å²) in [5, 5.41) is 20.8. The standard InChI is InChI=1S/C19H28N2O5S2/c1-3-4-5-8-19(2,25)9-6-7-14-12-26-18(24)21(14)10-11-27-17-20-15(13-28-17)16(22)23/h6-7,13-14,25H,3-5,8-12H2,1-2H3,(H,22,23)/t14-,19?/m0/s1. The van der Waals surface area contributed by atoms with Gasteiger partial charge in [-0.1, -0.05) is 50.1 Å². The molecule has 7 nitrogen and oxygen atoms in total. The number of nitrogens with zero attached hydrogens (tertiary/aromatic N) is 2. The SMILES string of the molecule is CCCCCC(C)(O)CC=C[C@H]1COC(=O)N1CCSc1nc(C(=O)O)cs1. The third-order valence-electron chi connectivity index (χ3n) is 4.51. The molecule has 2 heterocycles. The van der Waals surface area contributed by atoms with Gasteiger partial charge in [0.25, 0.3) is 0 Å². The molecule has 1 amide bonds. The number of aromatic carboxylic acids is 1. The first-order valence-electron chi connectivity index (χ1n) is 9.46. The molecule has 2 rings (SSSR count). The fourth-order valence-corrected chi connectivity index (χ4v) is 4.68. The van der Waals surface area contributed by atoms with Crippen molar-refractivity contribution in [3.8, 4) is 0 Å². The second kappa shape index (κ2) is 10.8. The van der Waals surface area contributed by atoms with Crippen LogP contribution in [-0.4, -0.2) is 62.7 Å². The van der Waals surface area contributed by atoms with E-state index >= 15 is 0 Å². The maximum absolute atomic E-state index is 12.0. The van der Waals surface area contributed by atoms with Crippen LogP contribution in [-0.2, 0) is 4.74 Å². The molecule has 0 aromatic carbocycles. The number of thiazole rings is 1. The molecule has 1 fully saturated rings. The first-order valence-corrected chi connectivity index (χ1v) is 11.3. The number of carbonyl (C=O) groups is 2. The molecule has 1 aliphatic heterocycles. The lowest BCUT2D eigenvalue weighted by atomic mass is 9.94. The van der Waals surface area contributed by atoms with Crippen LogP contribution in [0.5, 0.6) is 0 Å². The Morgan fingerprint density at radius 2 is 2.32 bits per heavy atom. The van der Waals surface area contributed by atoms with E-state index in [1.807, 2.05) is 19.1 Å². The van der Waals surface area contributed by atoms with Crippen LogP contribution in [0.1, 0.15) is 56.4 Å². The van der Waals surface area contributed by atoms with E-state index in [1.54, 1.807) is 4.90 Å². The predicted molar refractivity (Wildman–Crippen MR) is 110 cm³/mol. The fourth-order valence-electron chi connectivity index (χ4n) is 2.87. The van der Waals surface area contributed by atoms with E-state index in [0.717, 1.165) is 25.7 Å². The van der Waals surface area contributed by atoms with Crippen molar-refractivity contribution in [2.24, 2.45) is 0 Å². The third kappa shape index (κ3) is 7.10. The fraction of sp³-hybridized carbons (Fsp3) is 0.632. The summed E-state index contributed by atoms with van der Waals surface area (Å²) in [7, 11) is 0. The van der Waals surface area contributed by atoms with Gasteiger partial charge in [0.1, 0.15) is 6.61 Å². The molecule has 9 heteroatoms. The van der Waals surface area contributed by atoms with Gasteiger partial charge in [-0.05, 0) is 19.8 Å². The number of rotatable bonds is 12. The van der Waals surface area contributed by atoms with Crippen molar-refractivity contribution in [2.45, 2.75) is 61.9 Å². The minimum absolute atomic E-state index is 0.0416. The molecule has 2 atom stereocenters. The Bertz CT molecular complexity index is 690. The molecule has 0 radical (unpaired) electrons. The maximum Gasteiger partial charge on any atom is 0.410 e. The Kier molecular flexibility index (Phi) is 8.78. The summed E-state index contributed by atoms with van der Waals surface area (Å²) in [4.78, 5) is 28.5. The molecule has 28 heavy (non-hydrogen) atoms. The summed E-state index contributed by atoms with van der Waals surface area (Å²) in [6.45, 7) is 4.76. The zero-order valence-corrected chi connectivity index (χ0v) is 17.9. The topological polar surface area (TPSA) is 100.0 Å². The molecular weight excluding hydrogens is 400 g/mol. The summed E-state index contributed by atoms with van der Waals surface area (Å²) in [5.74, 6) is -0.442. The van der Waals surface area contributed by atoms with Crippen molar-refractivity contribution in [3.63, 3.8) is 0 Å². The van der Waals surface area contributed by atoms with E-state index < -0.39 is 11.6 Å². The van der Waals surface area contributed by atoms with Crippen LogP contribution in [0.3, 0.4) is 0 Å². The van der Waals surface area contributed by atoms with Crippen LogP contribution < -0.4 is 0 Å². The number of hydrogen-bond acceptors (Lipinski definition) is 7. The molecule has 2 N–H and O–H groups in total. The molecule has 1 aromatic rings. The van der Waals surface area contributed by atoms with Crippen molar-refractivity contribution in [1.29, 1.82) is 0 Å². The zero-order chi connectivity index (χ0) is 20.6. The Balaban J connectivity index is 1.80. The Hall–Kier alpha value is -1.58. The largest absolute Gasteiger partial charge is 0.476 e. The van der Waals surface area contributed by atoms with Crippen LogP contribution in [0.25, 0.3) is 0 Å². The zero-order valence-electron chi connectivity index (χ0n) is 16.3. The van der Waals surface area contributed by atoms with Crippen LogP contribution in [0.4, 0.5) is 4.79 Å². The lowest BCUT2D eigenvalue weighted by Crippen LogP contribution is -2.34. The van der Waals surface area contributed by atoms with Gasteiger partial charge in [0, 0.05) is 17.7 Å². The monoisotopic (exact) mass is 428 g/mol. The lowest BCUT2D eigenvalue weighted by Gasteiger charge is -2.22. The Morgan fingerprint density at radius 3 is 3.00 bits per heavy atom. The Labute approximate surface area is 173 Å². The number of thioether (sulfide) groups is 1. The maximum atomic E-state index is 12.0. The van der Waals surface area contributed by atoms with Crippen LogP contribution in [0, 0.1) is 0 Å². The highest BCUT2D eigenvalue weighted by Crippen LogP contribution is 2.24. The van der Waals surface area contributed by atoms with E-state index in [0.29, 0.717) is 29.7 Å². The summed E-state index contributed by atoms with van der Waals surface area (Å²) in [6.07, 6.45) is 8.05. The molecule has 0 aliphatic carbocycles. The van der Waals surface area contributed by atoms with Gasteiger partial charge >= 0.3 is 12.1 Å². The van der Waals surface area contributed by atoms with Crippen LogP contribution >= 0.6 is 23.1 Å². The first-order chi connectivity index (χ1) is 13.3. The average molecular weight is 429 g/mol. The molecule has 156 valence electrons. The number of aromatic nitrogens is 1. The number of carboxylic acids is 1. The molecule has 1 aromatic heterocycles. The van der Waals surface area contributed by atoms with E-state index in [9.17, 15) is 14.7 Å². The second-order valence-electron chi connectivity index (χ2n) is 7.08. The highest BCUT2D eigenvalue weighted by Gasteiger charge is 2.31. The van der Waals surface area contributed by atoms with Crippen LogP contribution in [0.2, 0.25) is 0 Å². The molecule has 0 saturated carbocycles. The van der Waals surface area contributed by atoms with Crippen molar-refractivity contribution < 1.29 is 24.5 Å². The number of ether oxygens (including phenoxy) is 1. The molecule has 1 unspecified atom stereocenters. The van der Waals surface area contributed by atoms with Crippen molar-refractivity contribution in [1.82, 2.24) is 9.88 Å². The summed E-state index contributed by atoms with van der Waals surface area (Å²) < 4.78 is 5.82. The minimum Gasteiger partial charge on any atom is -0.476 e. The van der Waals surface area contributed by atoms with E-state index in [-0.39, 0.29) is 17.8 Å². The highest BCUT2D eigenvalue weighted by atomic mass is 32.2. The molecule has 0 bridgehead atoms. The van der Waals surface area contributed by atoms with Crippen molar-refractivity contribution >= 4 is 35.2 Å². The average Bonchev–Trinajstić information content (AvgIpc) is 3.23. The number of cyclic esters (lactones) is 1. The lowest BCUT2D eigenvalue weighted by molar-refractivity contribution is 0.0511. The van der Waals surface area contributed by atoms with Gasteiger partial charge in [0.2, 0.25) is 0 Å². The highest BCUT2D eigenvalue weighted by molar-refractivity contribution is 8.01. The van der Waals surface area contributed by atoms with E-state index in [2.05, 4.69) is 11.9 Å². The van der Waals surface area contributed by atoms with Gasteiger partial charge in [-0.15, -0.1) is 11.3 Å². The van der Waals surface area contributed by atoms with Gasteiger partial charge in [0.05, 0.1) is 11.6 Å². The smallest absolute Gasteiger partial charge is 0.410 e. The number of hydrogen-bond donors (Lipinski definition) is 2. The minimum atomic E-state index is -1.04. The molecular formula is C19H28N2O5S2. The van der Waals surface area contributed by atoms with Crippen LogP contribution in [0.15, 0.2) is 21.9 Å². The molecule has 1 saturated heterocycles. The van der Waals surface area contributed by atoms with Gasteiger partial charge in [-0.2, -0.15) is 0 Å². The quantitative estimate of drug-likeness (QED) is 0.294. The van der Waals surface area contributed by atoms with E-state index in [1.165, 1.54) is 28.5 Å². The molecule has 0 spiro atoms. The van der Waals surface area contributed by atoms with Gasteiger partial charge in [0.15, 0.2) is 10.0 Å². The normalized spacial score (nSPS) is 19.2. The number of carbonyl (C=O) groups excluding carboxylic acids is 1. The molecule has 1 aliphatic rings. The van der Waals surface area contributed by atoms with Gasteiger partial charge in [-0.3, -0.25) is 4.90 Å². The number of carboxylic acid groups (broad SMARTS) is 1. The summed E-state index contributed by atoms with van der Waals surface area (Å²) in [6, 6.07) is -0.148. The Morgan fingerprint density at radius 1 is 1.54 bits per heavy atom. The number of unbranched alkanes of at least 4 members (excludes halogenated alkanes) is 2. The summed E-state index contributed by atoms with van der Waals surface area (Å²) >= 11 is 2.70. The second-order valence-corrected chi connectivity index (χ2v) is 9.28. The van der Waals surface area contributed by atoms with Crippen molar-refractivity contribution in [2.75, 3.05) is 18.9 Å². The first kappa shape index (κ1) is 22.7. The number of aliphatic hydroxyl groups is 1. The summed E-state index contributed by atoms with van der Waals surface area (Å²) in [5.41, 5.74) is -0.692. The third-order valence-corrected chi connectivity index (χ3v) is 6.51. The van der Waals surface area contributed by atoms with E-state index in [4.69, 9.17) is 9.84 Å². The van der Waals surface area contributed by atoms with Crippen molar-refractivity contribution in [3.05, 3.63) is 23.2 Å². The van der Waals surface area contributed by atoms with Gasteiger partial charge < -0.3 is 14.9 Å². The predicted octanol–water partition coefficient (Wildman–Crippen LogP) is 4.03. The number of amides is 1. The van der Waals surface area contributed by atoms with Gasteiger partial charge in [-0.25, -0.2) is 14.6 Å².